The highest BCUT2D eigenvalue weighted by molar-refractivity contribution is 6.31. The number of rotatable bonds is 0. The second kappa shape index (κ2) is 4.23. The molecule has 0 saturated heterocycles. The molecule has 3 atom stereocenters. The topological polar surface area (TPSA) is 17.1 Å². The lowest BCUT2D eigenvalue weighted by Gasteiger charge is -2.39. The normalized spacial score (nSPS) is 32.1. The molecular formula is C20H17ClO. The standard InChI is InChI=1S/C20H17ClO/c21-17-5-2-13-8-14-3-6-19(22)20(18(14)10-15(13)9-17)11-12-1-4-16(20)7-12/h1-2,4-5,8-10,12,16H,3,6-7,11H2. The highest BCUT2D eigenvalue weighted by Gasteiger charge is 2.55. The predicted octanol–water partition coefficient (Wildman–Crippen LogP) is 4.84. The summed E-state index contributed by atoms with van der Waals surface area (Å²) in [4.78, 5) is 12.9. The number of Topliss-reactive ketones (excluding diaryl/α,β-unsaturated/α-hetero) is 1. The van der Waals surface area contributed by atoms with E-state index in [1.165, 1.54) is 16.5 Å². The lowest BCUT2D eigenvalue weighted by atomic mass is 9.62. The van der Waals surface area contributed by atoms with Crippen molar-refractivity contribution >= 4 is 28.2 Å². The van der Waals surface area contributed by atoms with Gasteiger partial charge in [-0.3, -0.25) is 4.79 Å². The van der Waals surface area contributed by atoms with Crippen LogP contribution < -0.4 is 0 Å². The summed E-state index contributed by atoms with van der Waals surface area (Å²) < 4.78 is 0. The molecule has 2 aromatic rings. The predicted molar refractivity (Wildman–Crippen MR) is 89.3 cm³/mol. The number of fused-ring (bicyclic) bond motifs is 6. The van der Waals surface area contributed by atoms with Gasteiger partial charge in [-0.25, -0.2) is 0 Å². The fourth-order valence-corrected chi connectivity index (χ4v) is 5.23. The van der Waals surface area contributed by atoms with Crippen LogP contribution in [0.2, 0.25) is 5.02 Å². The first-order chi connectivity index (χ1) is 10.7. The van der Waals surface area contributed by atoms with E-state index in [0.29, 0.717) is 24.0 Å². The first-order valence-electron chi connectivity index (χ1n) is 8.11. The van der Waals surface area contributed by atoms with Gasteiger partial charge in [-0.15, -0.1) is 0 Å². The van der Waals surface area contributed by atoms with E-state index in [1.54, 1.807) is 0 Å². The molecule has 0 aromatic heterocycles. The molecule has 0 radical (unpaired) electrons. The molecule has 3 unspecified atom stereocenters. The zero-order valence-corrected chi connectivity index (χ0v) is 13.1. The van der Waals surface area contributed by atoms with Gasteiger partial charge in [-0.1, -0.05) is 35.9 Å². The van der Waals surface area contributed by atoms with Crippen LogP contribution in [-0.4, -0.2) is 5.78 Å². The van der Waals surface area contributed by atoms with Crippen LogP contribution in [0.25, 0.3) is 10.8 Å². The molecule has 22 heavy (non-hydrogen) atoms. The summed E-state index contributed by atoms with van der Waals surface area (Å²) in [5.41, 5.74) is 2.41. The maximum Gasteiger partial charge on any atom is 0.144 e. The number of benzene rings is 2. The number of carbonyl (C=O) groups excluding carboxylic acids is 1. The monoisotopic (exact) mass is 308 g/mol. The summed E-state index contributed by atoms with van der Waals surface area (Å²) in [6.45, 7) is 0. The number of carbonyl (C=O) groups is 1. The van der Waals surface area contributed by atoms with Gasteiger partial charge in [0.05, 0.1) is 5.41 Å². The van der Waals surface area contributed by atoms with Crippen LogP contribution in [0.4, 0.5) is 0 Å². The first-order valence-corrected chi connectivity index (χ1v) is 8.49. The van der Waals surface area contributed by atoms with Crippen molar-refractivity contribution in [1.82, 2.24) is 0 Å². The molecule has 2 heteroatoms. The molecule has 0 aliphatic heterocycles. The Morgan fingerprint density at radius 3 is 2.73 bits per heavy atom. The van der Waals surface area contributed by atoms with Crippen LogP contribution in [0.15, 0.2) is 42.5 Å². The van der Waals surface area contributed by atoms with Crippen LogP contribution in [0.5, 0.6) is 0 Å². The molecule has 110 valence electrons. The average molecular weight is 309 g/mol. The molecule has 3 aliphatic carbocycles. The maximum atomic E-state index is 12.9. The van der Waals surface area contributed by atoms with Gasteiger partial charge in [0.1, 0.15) is 5.78 Å². The molecule has 0 amide bonds. The summed E-state index contributed by atoms with van der Waals surface area (Å²) >= 11 is 6.17. The van der Waals surface area contributed by atoms with Crippen LogP contribution in [0.3, 0.4) is 0 Å². The number of aryl methyl sites for hydroxylation is 1. The number of allylic oxidation sites excluding steroid dienone is 2. The molecule has 0 heterocycles. The molecule has 1 saturated carbocycles. The highest BCUT2D eigenvalue weighted by Crippen LogP contribution is 2.57. The van der Waals surface area contributed by atoms with E-state index < -0.39 is 0 Å². The fourth-order valence-electron chi connectivity index (χ4n) is 5.05. The van der Waals surface area contributed by atoms with Crippen LogP contribution in [-0.2, 0) is 16.6 Å². The smallest absolute Gasteiger partial charge is 0.144 e. The molecule has 0 N–H and O–H groups in total. The number of ketones is 1. The van der Waals surface area contributed by atoms with Crippen LogP contribution >= 0.6 is 11.6 Å². The Bertz CT molecular complexity index is 850. The van der Waals surface area contributed by atoms with Gasteiger partial charge in [0.2, 0.25) is 0 Å². The third kappa shape index (κ3) is 1.53. The van der Waals surface area contributed by atoms with Crippen LogP contribution in [0, 0.1) is 11.8 Å². The molecule has 2 bridgehead atoms. The molecule has 2 aromatic carbocycles. The first kappa shape index (κ1) is 12.9. The maximum absolute atomic E-state index is 12.9. The van der Waals surface area contributed by atoms with E-state index in [0.717, 1.165) is 29.7 Å². The SMILES string of the molecule is O=C1CCc2cc3ccc(Cl)cc3cc2C12CC1C=CC2C1. The molecule has 5 rings (SSSR count). The van der Waals surface area contributed by atoms with Crippen molar-refractivity contribution in [1.29, 1.82) is 0 Å². The Labute approximate surface area is 135 Å². The average Bonchev–Trinajstić information content (AvgIpc) is 3.12. The second-order valence-corrected chi connectivity index (χ2v) is 7.52. The van der Waals surface area contributed by atoms with E-state index in [2.05, 4.69) is 30.4 Å². The Kier molecular flexibility index (Phi) is 2.48. The summed E-state index contributed by atoms with van der Waals surface area (Å²) in [5, 5.41) is 3.15. The van der Waals surface area contributed by atoms with Gasteiger partial charge in [-0.2, -0.15) is 0 Å². The summed E-state index contributed by atoms with van der Waals surface area (Å²) in [6.07, 6.45) is 8.35. The molecule has 1 nitrogen and oxygen atoms in total. The van der Waals surface area contributed by atoms with E-state index in [4.69, 9.17) is 11.6 Å². The second-order valence-electron chi connectivity index (χ2n) is 7.09. The number of halogens is 1. The molecular weight excluding hydrogens is 292 g/mol. The van der Waals surface area contributed by atoms with Gasteiger partial charge >= 0.3 is 0 Å². The van der Waals surface area contributed by atoms with Crippen molar-refractivity contribution < 1.29 is 4.79 Å². The van der Waals surface area contributed by atoms with Crippen LogP contribution in [0.1, 0.15) is 30.4 Å². The molecule has 1 spiro atoms. The van der Waals surface area contributed by atoms with Crippen molar-refractivity contribution in [2.45, 2.75) is 31.1 Å². The highest BCUT2D eigenvalue weighted by atomic mass is 35.5. The minimum absolute atomic E-state index is 0.247. The lowest BCUT2D eigenvalue weighted by Crippen LogP contribution is -2.43. The van der Waals surface area contributed by atoms with E-state index in [-0.39, 0.29) is 5.41 Å². The Balaban J connectivity index is 1.80. The van der Waals surface area contributed by atoms with Crippen molar-refractivity contribution in [3.63, 3.8) is 0 Å². The number of hydrogen-bond donors (Lipinski definition) is 0. The lowest BCUT2D eigenvalue weighted by molar-refractivity contribution is -0.126. The largest absolute Gasteiger partial charge is 0.299 e. The third-order valence-corrected chi connectivity index (χ3v) is 6.25. The Hall–Kier alpha value is -1.60. The Morgan fingerprint density at radius 1 is 1.05 bits per heavy atom. The van der Waals surface area contributed by atoms with Gasteiger partial charge in [0.15, 0.2) is 0 Å². The summed E-state index contributed by atoms with van der Waals surface area (Å²) in [6, 6.07) is 10.6. The minimum atomic E-state index is -0.247. The molecule has 1 fully saturated rings. The number of hydrogen-bond acceptors (Lipinski definition) is 1. The van der Waals surface area contributed by atoms with Gasteiger partial charge < -0.3 is 0 Å². The van der Waals surface area contributed by atoms with Crippen molar-refractivity contribution in [3.8, 4) is 0 Å². The third-order valence-electron chi connectivity index (χ3n) is 6.01. The Morgan fingerprint density at radius 2 is 1.95 bits per heavy atom. The zero-order chi connectivity index (χ0) is 14.9. The fraction of sp³-hybridized carbons (Fsp3) is 0.350. The van der Waals surface area contributed by atoms with E-state index in [9.17, 15) is 4.79 Å². The van der Waals surface area contributed by atoms with Gasteiger partial charge in [0, 0.05) is 11.4 Å². The van der Waals surface area contributed by atoms with Crippen molar-refractivity contribution in [2.75, 3.05) is 0 Å². The van der Waals surface area contributed by atoms with Gasteiger partial charge in [0.25, 0.3) is 0 Å². The van der Waals surface area contributed by atoms with E-state index in [1.807, 2.05) is 12.1 Å². The van der Waals surface area contributed by atoms with Crippen molar-refractivity contribution in [2.24, 2.45) is 11.8 Å². The minimum Gasteiger partial charge on any atom is -0.299 e. The van der Waals surface area contributed by atoms with Crippen molar-refractivity contribution in [3.05, 3.63) is 58.6 Å². The molecule has 3 aliphatic rings. The quantitative estimate of drug-likeness (QED) is 0.636. The van der Waals surface area contributed by atoms with Gasteiger partial charge in [-0.05, 0) is 71.2 Å². The zero-order valence-electron chi connectivity index (χ0n) is 12.3. The summed E-state index contributed by atoms with van der Waals surface area (Å²) in [5.74, 6) is 1.45. The van der Waals surface area contributed by atoms with E-state index >= 15 is 0 Å². The summed E-state index contributed by atoms with van der Waals surface area (Å²) in [7, 11) is 0.